The minimum Gasteiger partial charge on any atom is -0.497 e. The molecule has 0 aromatic heterocycles. The van der Waals surface area contributed by atoms with Gasteiger partial charge >= 0.3 is 0 Å². The fraction of sp³-hybridized carbons (Fsp3) is 0.500. The topological polar surface area (TPSA) is 9.23 Å². The van der Waals surface area contributed by atoms with Crippen LogP contribution >= 0.6 is 10.0 Å². The molecule has 142 valence electrons. The van der Waals surface area contributed by atoms with Crippen LogP contribution in [0.25, 0.3) is 11.1 Å². The predicted octanol–water partition coefficient (Wildman–Crippen LogP) is 6.99. The van der Waals surface area contributed by atoms with Gasteiger partial charge in [-0.2, -0.15) is 0 Å². The second kappa shape index (κ2) is 8.08. The quantitative estimate of drug-likeness (QED) is 0.532. The molecular weight excluding hydrogens is 336 g/mol. The van der Waals surface area contributed by atoms with Crippen LogP contribution in [0.15, 0.2) is 42.5 Å². The maximum atomic E-state index is 5.33. The lowest BCUT2D eigenvalue weighted by Crippen LogP contribution is -2.19. The van der Waals surface area contributed by atoms with E-state index in [1.807, 2.05) is 0 Å². The van der Waals surface area contributed by atoms with Crippen LogP contribution in [0.3, 0.4) is 0 Å². The minimum absolute atomic E-state index is 0.652. The van der Waals surface area contributed by atoms with E-state index in [-0.39, 0.29) is 0 Å². The van der Waals surface area contributed by atoms with Crippen LogP contribution in [-0.2, 0) is 6.42 Å². The minimum atomic E-state index is -0.654. The molecule has 1 atom stereocenters. The van der Waals surface area contributed by atoms with Crippen molar-refractivity contribution >= 4 is 10.0 Å². The fourth-order valence-electron chi connectivity index (χ4n) is 4.53. The Labute approximate surface area is 161 Å². The van der Waals surface area contributed by atoms with Crippen molar-refractivity contribution in [2.75, 3.05) is 19.6 Å². The van der Waals surface area contributed by atoms with Crippen LogP contribution < -0.4 is 4.74 Å². The Morgan fingerprint density at radius 1 is 1.04 bits per heavy atom. The van der Waals surface area contributed by atoms with Crippen molar-refractivity contribution in [1.82, 2.24) is 0 Å². The smallest absolute Gasteiger partial charge is 0.118 e. The molecule has 1 fully saturated rings. The zero-order chi connectivity index (χ0) is 18.7. The molecule has 1 unspecified atom stereocenters. The summed E-state index contributed by atoms with van der Waals surface area (Å²) < 4.78 is 5.33. The lowest BCUT2D eigenvalue weighted by molar-refractivity contribution is 0.415. The van der Waals surface area contributed by atoms with Gasteiger partial charge in [-0.05, 0) is 71.4 Å². The van der Waals surface area contributed by atoms with E-state index in [1.54, 1.807) is 12.7 Å². The summed E-state index contributed by atoms with van der Waals surface area (Å²) in [5, 5.41) is 1.59. The van der Waals surface area contributed by atoms with Gasteiger partial charge in [0.15, 0.2) is 0 Å². The number of rotatable bonds is 6. The second-order valence-electron chi connectivity index (χ2n) is 7.99. The first kappa shape index (κ1) is 19.4. The van der Waals surface area contributed by atoms with Crippen molar-refractivity contribution in [1.29, 1.82) is 0 Å². The molecule has 2 aromatic carbocycles. The molecule has 26 heavy (non-hydrogen) atoms. The number of hydrogen-bond donors (Lipinski definition) is 0. The van der Waals surface area contributed by atoms with Gasteiger partial charge in [0.05, 0.1) is 7.11 Å². The van der Waals surface area contributed by atoms with Crippen LogP contribution in [-0.4, -0.2) is 24.9 Å². The Hall–Kier alpha value is -1.41. The van der Waals surface area contributed by atoms with Crippen molar-refractivity contribution < 1.29 is 4.74 Å². The Balaban J connectivity index is 1.99. The molecule has 0 N–H and O–H groups in total. The highest BCUT2D eigenvalue weighted by molar-refractivity contribution is 8.33. The largest absolute Gasteiger partial charge is 0.497 e. The van der Waals surface area contributed by atoms with E-state index >= 15 is 0 Å². The Morgan fingerprint density at radius 3 is 2.27 bits per heavy atom. The molecule has 0 heterocycles. The van der Waals surface area contributed by atoms with Gasteiger partial charge in [-0.1, -0.05) is 57.0 Å². The lowest BCUT2D eigenvalue weighted by atomic mass is 9.92. The van der Waals surface area contributed by atoms with Gasteiger partial charge in [0.1, 0.15) is 5.75 Å². The number of benzene rings is 2. The number of methoxy groups -OCH3 is 1. The lowest BCUT2D eigenvalue weighted by Gasteiger charge is -2.44. The van der Waals surface area contributed by atoms with Crippen LogP contribution in [0.4, 0.5) is 0 Å². The standard InChI is InChI=1S/C24H34OS/c1-6-22-23(18(2)26(4,5)21-10-7-8-11-21)12-9-13-24(22)19-14-16-20(25-3)17-15-19/h9,12-18,21H,6-8,10-11H2,1-5H3. The molecule has 0 amide bonds. The Bertz CT molecular complexity index is 726. The van der Waals surface area contributed by atoms with E-state index in [1.165, 1.54) is 42.4 Å². The Kier molecular flexibility index (Phi) is 6.02. The molecule has 0 spiro atoms. The SMILES string of the molecule is CCc1c(-c2ccc(OC)cc2)cccc1C(C)S(C)(C)C1CCCC1. The van der Waals surface area contributed by atoms with E-state index < -0.39 is 10.0 Å². The molecule has 0 bridgehead atoms. The first-order chi connectivity index (χ1) is 12.5. The van der Waals surface area contributed by atoms with E-state index in [4.69, 9.17) is 4.74 Å². The predicted molar refractivity (Wildman–Crippen MR) is 118 cm³/mol. The average Bonchev–Trinajstić information content (AvgIpc) is 3.22. The van der Waals surface area contributed by atoms with Crippen molar-refractivity contribution in [3.63, 3.8) is 0 Å². The van der Waals surface area contributed by atoms with E-state index in [2.05, 4.69) is 68.8 Å². The molecule has 1 aliphatic carbocycles. The fourth-order valence-corrected chi connectivity index (χ4v) is 7.53. The highest BCUT2D eigenvalue weighted by Gasteiger charge is 2.33. The van der Waals surface area contributed by atoms with Crippen molar-refractivity contribution in [2.45, 2.75) is 56.5 Å². The summed E-state index contributed by atoms with van der Waals surface area (Å²) >= 11 is 0. The van der Waals surface area contributed by atoms with Gasteiger partial charge in [0.25, 0.3) is 0 Å². The second-order valence-corrected chi connectivity index (χ2v) is 12.3. The average molecular weight is 371 g/mol. The van der Waals surface area contributed by atoms with Crippen LogP contribution in [0, 0.1) is 0 Å². The summed E-state index contributed by atoms with van der Waals surface area (Å²) in [6.45, 7) is 4.79. The van der Waals surface area contributed by atoms with Gasteiger partial charge in [-0.3, -0.25) is 0 Å². The number of hydrogen-bond acceptors (Lipinski definition) is 1. The maximum absolute atomic E-state index is 5.33. The van der Waals surface area contributed by atoms with Gasteiger partial charge in [-0.25, -0.2) is 10.0 Å². The molecular formula is C24H34OS. The van der Waals surface area contributed by atoms with E-state index in [0.717, 1.165) is 17.4 Å². The summed E-state index contributed by atoms with van der Waals surface area (Å²) in [4.78, 5) is 0. The van der Waals surface area contributed by atoms with Gasteiger partial charge in [0.2, 0.25) is 0 Å². The summed E-state index contributed by atoms with van der Waals surface area (Å²) in [7, 11) is 1.07. The van der Waals surface area contributed by atoms with Crippen LogP contribution in [0.2, 0.25) is 0 Å². The molecule has 3 rings (SSSR count). The molecule has 0 saturated heterocycles. The zero-order valence-corrected chi connectivity index (χ0v) is 17.9. The highest BCUT2D eigenvalue weighted by Crippen LogP contribution is 2.62. The van der Waals surface area contributed by atoms with Crippen molar-refractivity contribution in [3.05, 3.63) is 53.6 Å². The normalized spacial score (nSPS) is 17.3. The molecule has 2 aromatic rings. The molecule has 2 heteroatoms. The highest BCUT2D eigenvalue weighted by atomic mass is 32.3. The molecule has 0 aliphatic heterocycles. The molecule has 1 aliphatic rings. The third kappa shape index (κ3) is 3.67. The monoisotopic (exact) mass is 370 g/mol. The Morgan fingerprint density at radius 2 is 1.69 bits per heavy atom. The summed E-state index contributed by atoms with van der Waals surface area (Å²) in [5.41, 5.74) is 5.79. The van der Waals surface area contributed by atoms with Crippen LogP contribution in [0.1, 0.15) is 55.9 Å². The molecule has 1 saturated carbocycles. The van der Waals surface area contributed by atoms with Gasteiger partial charge in [0, 0.05) is 5.25 Å². The molecule has 1 nitrogen and oxygen atoms in total. The van der Waals surface area contributed by atoms with Crippen molar-refractivity contribution in [3.8, 4) is 16.9 Å². The summed E-state index contributed by atoms with van der Waals surface area (Å²) in [6.07, 6.45) is 12.0. The van der Waals surface area contributed by atoms with Crippen molar-refractivity contribution in [2.24, 2.45) is 0 Å². The van der Waals surface area contributed by atoms with E-state index in [9.17, 15) is 0 Å². The van der Waals surface area contributed by atoms with E-state index in [0.29, 0.717) is 5.25 Å². The first-order valence-corrected chi connectivity index (χ1v) is 12.5. The van der Waals surface area contributed by atoms with Crippen LogP contribution in [0.5, 0.6) is 5.75 Å². The summed E-state index contributed by atoms with van der Waals surface area (Å²) in [6, 6.07) is 15.5. The van der Waals surface area contributed by atoms with Gasteiger partial charge in [-0.15, -0.1) is 0 Å². The van der Waals surface area contributed by atoms with Gasteiger partial charge < -0.3 is 4.74 Å². The third-order valence-corrected chi connectivity index (χ3v) is 10.7. The zero-order valence-electron chi connectivity index (χ0n) is 17.0. The summed E-state index contributed by atoms with van der Waals surface area (Å²) in [5.74, 6) is 0.920. The first-order valence-electron chi connectivity index (χ1n) is 9.96. The maximum Gasteiger partial charge on any atom is 0.118 e. The number of ether oxygens (including phenoxy) is 1. The molecule has 0 radical (unpaired) electrons. The third-order valence-electron chi connectivity index (χ3n) is 6.48.